The maximum absolute atomic E-state index is 12.6. The largest absolute Gasteiger partial charge is 0.611 e. The van der Waals surface area contributed by atoms with Crippen molar-refractivity contribution in [1.82, 2.24) is 14.8 Å². The second kappa shape index (κ2) is 5.98. The summed E-state index contributed by atoms with van der Waals surface area (Å²) in [6.45, 7) is 3.43. The van der Waals surface area contributed by atoms with Gasteiger partial charge in [-0.15, -0.1) is 5.10 Å². The number of hydrogen-bond donors (Lipinski definition) is 0. The normalized spacial score (nSPS) is 13.0. The minimum Gasteiger partial charge on any atom is -0.611 e. The molecule has 0 bridgehead atoms. The lowest BCUT2D eigenvalue weighted by atomic mass is 10.1. The average Bonchev–Trinajstić information content (AvgIpc) is 2.88. The number of nitrogens with zero attached hydrogens (tertiary/aromatic N) is 4. The Morgan fingerprint density at radius 2 is 2.00 bits per heavy atom. The molecular formula is C13H11F3N4OS. The predicted octanol–water partition coefficient (Wildman–Crippen LogP) is 2.53. The molecule has 9 heteroatoms. The van der Waals surface area contributed by atoms with Gasteiger partial charge >= 0.3 is 6.18 Å². The fraction of sp³-hybridized carbons (Fsp3) is 0.308. The van der Waals surface area contributed by atoms with Gasteiger partial charge in [-0.25, -0.2) is 9.67 Å². The second-order valence-corrected chi connectivity index (χ2v) is 5.98. The summed E-state index contributed by atoms with van der Waals surface area (Å²) >= 11 is -1.54. The highest BCUT2D eigenvalue weighted by molar-refractivity contribution is 7.91. The van der Waals surface area contributed by atoms with Crippen molar-refractivity contribution in [2.24, 2.45) is 0 Å². The quantitative estimate of drug-likeness (QED) is 0.811. The van der Waals surface area contributed by atoms with Crippen molar-refractivity contribution in [3.8, 4) is 11.8 Å². The van der Waals surface area contributed by atoms with E-state index in [9.17, 15) is 17.7 Å². The maximum atomic E-state index is 12.6. The number of aryl methyl sites for hydroxylation is 2. The second-order valence-electron chi connectivity index (χ2n) is 4.56. The molecule has 5 nitrogen and oxygen atoms in total. The van der Waals surface area contributed by atoms with Gasteiger partial charge in [0.15, 0.2) is 10.6 Å². The average molecular weight is 328 g/mol. The highest BCUT2D eigenvalue weighted by Crippen LogP contribution is 2.28. The molecular weight excluding hydrogens is 317 g/mol. The molecule has 116 valence electrons. The first-order chi connectivity index (χ1) is 10.2. The molecule has 0 saturated carbocycles. The molecule has 22 heavy (non-hydrogen) atoms. The Balaban J connectivity index is 2.49. The van der Waals surface area contributed by atoms with Crippen LogP contribution in [0.2, 0.25) is 0 Å². The molecule has 0 radical (unpaired) electrons. The van der Waals surface area contributed by atoms with Gasteiger partial charge in [0, 0.05) is 22.8 Å². The van der Waals surface area contributed by atoms with Gasteiger partial charge in [-0.3, -0.25) is 0 Å². The van der Waals surface area contributed by atoms with E-state index in [1.54, 1.807) is 19.9 Å². The van der Waals surface area contributed by atoms with Crippen molar-refractivity contribution in [2.75, 3.05) is 5.75 Å². The van der Waals surface area contributed by atoms with Crippen LogP contribution in [-0.4, -0.2) is 25.1 Å². The standard InChI is InChI=1S/C13H11F3N4OS/c1-8-5-9(2)11(22(21)4-3-17)6-10(8)20-7-18-12(19-20)13(14,15)16/h5-7H,4H2,1-2H3. The zero-order chi connectivity index (χ0) is 16.5. The van der Waals surface area contributed by atoms with Gasteiger partial charge in [-0.1, -0.05) is 0 Å². The van der Waals surface area contributed by atoms with E-state index in [0.29, 0.717) is 21.7 Å². The molecule has 0 saturated heterocycles. The maximum Gasteiger partial charge on any atom is 0.453 e. The van der Waals surface area contributed by atoms with Gasteiger partial charge in [0.05, 0.1) is 5.69 Å². The molecule has 1 heterocycles. The fourth-order valence-electron chi connectivity index (χ4n) is 1.96. The van der Waals surface area contributed by atoms with Crippen LogP contribution in [0.3, 0.4) is 0 Å². The van der Waals surface area contributed by atoms with Crippen LogP contribution >= 0.6 is 0 Å². The molecule has 0 fully saturated rings. The summed E-state index contributed by atoms with van der Waals surface area (Å²) in [4.78, 5) is 3.63. The Bertz CT molecular complexity index is 736. The highest BCUT2D eigenvalue weighted by Gasteiger charge is 2.36. The zero-order valence-electron chi connectivity index (χ0n) is 11.7. The van der Waals surface area contributed by atoms with E-state index >= 15 is 0 Å². The monoisotopic (exact) mass is 328 g/mol. The van der Waals surface area contributed by atoms with Crippen molar-refractivity contribution in [1.29, 1.82) is 5.26 Å². The van der Waals surface area contributed by atoms with Crippen LogP contribution in [0.1, 0.15) is 17.0 Å². The topological polar surface area (TPSA) is 77.6 Å². The first-order valence-corrected chi connectivity index (χ1v) is 7.41. The highest BCUT2D eigenvalue weighted by atomic mass is 32.2. The lowest BCUT2D eigenvalue weighted by Gasteiger charge is -2.13. The van der Waals surface area contributed by atoms with Gasteiger partial charge < -0.3 is 4.55 Å². The number of alkyl halides is 3. The van der Waals surface area contributed by atoms with Crippen LogP contribution in [0, 0.1) is 25.2 Å². The van der Waals surface area contributed by atoms with E-state index in [1.807, 2.05) is 6.07 Å². The number of aromatic nitrogens is 3. The molecule has 0 aliphatic rings. The van der Waals surface area contributed by atoms with E-state index in [0.717, 1.165) is 11.0 Å². The van der Waals surface area contributed by atoms with E-state index in [4.69, 9.17) is 5.26 Å². The summed E-state index contributed by atoms with van der Waals surface area (Å²) in [5, 5.41) is 12.0. The van der Waals surface area contributed by atoms with Crippen molar-refractivity contribution in [3.05, 3.63) is 35.4 Å². The van der Waals surface area contributed by atoms with Crippen LogP contribution in [0.15, 0.2) is 23.4 Å². The Labute approximate surface area is 127 Å². The summed E-state index contributed by atoms with van der Waals surface area (Å²) in [5.41, 5.74) is 1.70. The molecule has 0 amide bonds. The van der Waals surface area contributed by atoms with Crippen LogP contribution in [0.4, 0.5) is 13.2 Å². The minimum absolute atomic E-state index is 0.186. The Morgan fingerprint density at radius 3 is 2.55 bits per heavy atom. The zero-order valence-corrected chi connectivity index (χ0v) is 12.5. The van der Waals surface area contributed by atoms with Gasteiger partial charge in [0.1, 0.15) is 12.4 Å². The molecule has 2 aromatic rings. The fourth-order valence-corrected chi connectivity index (χ4v) is 2.89. The molecule has 0 aliphatic heterocycles. The number of benzene rings is 1. The van der Waals surface area contributed by atoms with Gasteiger partial charge in [0.2, 0.25) is 0 Å². The number of rotatable bonds is 3. The van der Waals surface area contributed by atoms with Crippen molar-refractivity contribution >= 4 is 11.2 Å². The van der Waals surface area contributed by atoms with E-state index in [2.05, 4.69) is 10.1 Å². The Hall–Kier alpha value is -2.05. The lowest BCUT2D eigenvalue weighted by molar-refractivity contribution is -0.144. The van der Waals surface area contributed by atoms with Crippen LogP contribution in [0.25, 0.3) is 5.69 Å². The summed E-state index contributed by atoms with van der Waals surface area (Å²) < 4.78 is 50.7. The van der Waals surface area contributed by atoms with Gasteiger partial charge in [-0.05, 0) is 25.5 Å². The molecule has 1 unspecified atom stereocenters. The smallest absolute Gasteiger partial charge is 0.453 e. The number of halogens is 3. The molecule has 1 aromatic heterocycles. The van der Waals surface area contributed by atoms with Crippen molar-refractivity contribution < 1.29 is 17.7 Å². The van der Waals surface area contributed by atoms with E-state index < -0.39 is 23.2 Å². The first kappa shape index (κ1) is 16.3. The third-order valence-electron chi connectivity index (χ3n) is 2.93. The third kappa shape index (κ3) is 3.23. The van der Waals surface area contributed by atoms with E-state index in [-0.39, 0.29) is 5.75 Å². The Morgan fingerprint density at radius 1 is 1.32 bits per heavy atom. The van der Waals surface area contributed by atoms with Crippen LogP contribution < -0.4 is 0 Å². The molecule has 0 N–H and O–H groups in total. The summed E-state index contributed by atoms with van der Waals surface area (Å²) in [6, 6.07) is 4.98. The number of hydrogen-bond acceptors (Lipinski definition) is 4. The lowest BCUT2D eigenvalue weighted by Crippen LogP contribution is -2.11. The molecule has 0 spiro atoms. The molecule has 1 aromatic carbocycles. The van der Waals surface area contributed by atoms with Crippen LogP contribution in [-0.2, 0) is 17.4 Å². The van der Waals surface area contributed by atoms with Crippen LogP contribution in [0.5, 0.6) is 0 Å². The van der Waals surface area contributed by atoms with Gasteiger partial charge in [0.25, 0.3) is 5.82 Å². The molecule has 2 rings (SSSR count). The Kier molecular flexibility index (Phi) is 4.44. The molecule has 1 atom stereocenters. The summed E-state index contributed by atoms with van der Waals surface area (Å²) in [6.07, 6.45) is -3.67. The van der Waals surface area contributed by atoms with Gasteiger partial charge in [-0.2, -0.15) is 18.4 Å². The summed E-state index contributed by atoms with van der Waals surface area (Å²) in [7, 11) is 0. The van der Waals surface area contributed by atoms with Crippen molar-refractivity contribution in [2.45, 2.75) is 24.9 Å². The van der Waals surface area contributed by atoms with E-state index in [1.165, 1.54) is 6.07 Å². The predicted molar refractivity (Wildman–Crippen MR) is 72.7 cm³/mol. The third-order valence-corrected chi connectivity index (χ3v) is 4.25. The SMILES string of the molecule is Cc1cc(C)c([S+]([O-])CC#N)cc1-n1cnc(C(F)(F)F)n1. The number of nitriles is 1. The first-order valence-electron chi connectivity index (χ1n) is 6.10. The molecule has 0 aliphatic carbocycles. The summed E-state index contributed by atoms with van der Waals surface area (Å²) in [5.74, 6) is -1.43. The minimum atomic E-state index is -4.63. The van der Waals surface area contributed by atoms with Crippen molar-refractivity contribution in [3.63, 3.8) is 0 Å².